The van der Waals surface area contributed by atoms with Crippen molar-refractivity contribution >= 4 is 5.91 Å². The normalized spacial score (nSPS) is 15.6. The third-order valence-corrected chi connectivity index (χ3v) is 3.84. The number of nitrogens with one attached hydrogen (secondary N) is 1. The van der Waals surface area contributed by atoms with Crippen LogP contribution in [0, 0.1) is 6.92 Å². The number of amides is 1. The molecular formula is C19H20N2O2. The zero-order chi connectivity index (χ0) is 16.2. The first-order valence-corrected chi connectivity index (χ1v) is 7.76. The number of rotatable bonds is 5. The summed E-state index contributed by atoms with van der Waals surface area (Å²) in [5.74, 6) is 0.859. The highest BCUT2D eigenvalue weighted by Gasteiger charge is 2.26. The van der Waals surface area contributed by atoms with E-state index in [1.54, 1.807) is 12.3 Å². The number of carbonyl (C=O) groups excluding carboxylic acids is 1. The van der Waals surface area contributed by atoms with Crippen molar-refractivity contribution in [2.24, 2.45) is 0 Å². The summed E-state index contributed by atoms with van der Waals surface area (Å²) in [4.78, 5) is 16.0. The molecule has 0 radical (unpaired) electrons. The van der Waals surface area contributed by atoms with E-state index in [0.717, 1.165) is 23.4 Å². The number of aryl methyl sites for hydroxylation is 1. The Kier molecular flexibility index (Phi) is 4.42. The molecule has 0 unspecified atom stereocenters. The van der Waals surface area contributed by atoms with Gasteiger partial charge in [0, 0.05) is 24.6 Å². The molecule has 0 saturated heterocycles. The van der Waals surface area contributed by atoms with Gasteiger partial charge in [-0.15, -0.1) is 6.58 Å². The SMILES string of the molecule is C=CCC(=O)NC[C@@H]1Cc2cc(C)cc(-c3ccccn3)c2O1. The second kappa shape index (κ2) is 6.65. The van der Waals surface area contributed by atoms with E-state index in [4.69, 9.17) is 4.74 Å². The van der Waals surface area contributed by atoms with Crippen LogP contribution in [0.15, 0.2) is 49.2 Å². The van der Waals surface area contributed by atoms with Crippen LogP contribution >= 0.6 is 0 Å². The summed E-state index contributed by atoms with van der Waals surface area (Å²) in [5, 5.41) is 2.88. The number of hydrogen-bond donors (Lipinski definition) is 1. The first kappa shape index (κ1) is 15.3. The lowest BCUT2D eigenvalue weighted by atomic mass is 10.0. The molecular weight excluding hydrogens is 288 g/mol. The molecule has 1 aromatic carbocycles. The van der Waals surface area contributed by atoms with Crippen LogP contribution in [0.2, 0.25) is 0 Å². The van der Waals surface area contributed by atoms with Crippen LogP contribution in [0.1, 0.15) is 17.5 Å². The number of fused-ring (bicyclic) bond motifs is 1. The van der Waals surface area contributed by atoms with Crippen LogP contribution in [0.5, 0.6) is 5.75 Å². The van der Waals surface area contributed by atoms with Gasteiger partial charge in [-0.3, -0.25) is 9.78 Å². The predicted molar refractivity (Wildman–Crippen MR) is 90.4 cm³/mol. The molecule has 1 aliphatic rings. The van der Waals surface area contributed by atoms with E-state index in [-0.39, 0.29) is 12.0 Å². The summed E-state index contributed by atoms with van der Waals surface area (Å²) >= 11 is 0. The summed E-state index contributed by atoms with van der Waals surface area (Å²) in [6.07, 6.45) is 4.47. The summed E-state index contributed by atoms with van der Waals surface area (Å²) < 4.78 is 6.10. The standard InChI is InChI=1S/C19H20N2O2/c1-3-6-18(22)21-12-15-11-14-9-13(2)10-16(19(14)23-15)17-7-4-5-8-20-17/h3-5,7-10,15H,1,6,11-12H2,2H3,(H,21,22)/t15-/m0/s1. The Bertz CT molecular complexity index is 726. The molecule has 1 amide bonds. The highest BCUT2D eigenvalue weighted by Crippen LogP contribution is 2.38. The molecule has 23 heavy (non-hydrogen) atoms. The second-order valence-corrected chi connectivity index (χ2v) is 5.76. The van der Waals surface area contributed by atoms with Gasteiger partial charge in [0.15, 0.2) is 0 Å². The van der Waals surface area contributed by atoms with Gasteiger partial charge in [-0.05, 0) is 36.2 Å². The van der Waals surface area contributed by atoms with E-state index in [9.17, 15) is 4.79 Å². The van der Waals surface area contributed by atoms with E-state index in [1.807, 2.05) is 18.2 Å². The maximum atomic E-state index is 11.6. The van der Waals surface area contributed by atoms with Crippen molar-refractivity contribution in [3.8, 4) is 17.0 Å². The molecule has 0 aliphatic carbocycles. The van der Waals surface area contributed by atoms with Crippen molar-refractivity contribution in [1.29, 1.82) is 0 Å². The van der Waals surface area contributed by atoms with Gasteiger partial charge in [-0.2, -0.15) is 0 Å². The van der Waals surface area contributed by atoms with Crippen LogP contribution in [-0.4, -0.2) is 23.5 Å². The quantitative estimate of drug-likeness (QED) is 0.864. The lowest BCUT2D eigenvalue weighted by Gasteiger charge is -2.13. The Balaban J connectivity index is 1.79. The molecule has 1 atom stereocenters. The van der Waals surface area contributed by atoms with Gasteiger partial charge in [0.25, 0.3) is 0 Å². The second-order valence-electron chi connectivity index (χ2n) is 5.76. The lowest BCUT2D eigenvalue weighted by molar-refractivity contribution is -0.120. The number of carbonyl (C=O) groups is 1. The lowest BCUT2D eigenvalue weighted by Crippen LogP contribution is -2.34. The fraction of sp³-hybridized carbons (Fsp3) is 0.263. The van der Waals surface area contributed by atoms with Crippen molar-refractivity contribution in [3.05, 3.63) is 60.3 Å². The number of hydrogen-bond acceptors (Lipinski definition) is 3. The van der Waals surface area contributed by atoms with E-state index >= 15 is 0 Å². The Hall–Kier alpha value is -2.62. The monoisotopic (exact) mass is 308 g/mol. The van der Waals surface area contributed by atoms with Gasteiger partial charge < -0.3 is 10.1 Å². The minimum absolute atomic E-state index is 0.0271. The molecule has 0 bridgehead atoms. The topological polar surface area (TPSA) is 51.2 Å². The molecule has 0 spiro atoms. The van der Waals surface area contributed by atoms with Crippen molar-refractivity contribution in [1.82, 2.24) is 10.3 Å². The average molecular weight is 308 g/mol. The highest BCUT2D eigenvalue weighted by atomic mass is 16.5. The minimum atomic E-state index is -0.0389. The maximum absolute atomic E-state index is 11.6. The molecule has 4 nitrogen and oxygen atoms in total. The third-order valence-electron chi connectivity index (χ3n) is 3.84. The number of benzene rings is 1. The highest BCUT2D eigenvalue weighted by molar-refractivity contribution is 5.77. The smallest absolute Gasteiger partial charge is 0.223 e. The molecule has 1 aliphatic heterocycles. The fourth-order valence-corrected chi connectivity index (χ4v) is 2.85. The molecule has 1 aromatic heterocycles. The Morgan fingerprint density at radius 3 is 3.09 bits per heavy atom. The molecule has 0 fully saturated rings. The maximum Gasteiger partial charge on any atom is 0.223 e. The van der Waals surface area contributed by atoms with Crippen molar-refractivity contribution in [2.75, 3.05) is 6.54 Å². The van der Waals surface area contributed by atoms with E-state index < -0.39 is 0 Å². The van der Waals surface area contributed by atoms with Crippen LogP contribution in [-0.2, 0) is 11.2 Å². The van der Waals surface area contributed by atoms with E-state index in [0.29, 0.717) is 13.0 Å². The average Bonchev–Trinajstić information content (AvgIpc) is 2.96. The molecule has 118 valence electrons. The molecule has 2 aromatic rings. The van der Waals surface area contributed by atoms with Gasteiger partial charge in [0.05, 0.1) is 12.2 Å². The van der Waals surface area contributed by atoms with Crippen LogP contribution in [0.3, 0.4) is 0 Å². The Morgan fingerprint density at radius 2 is 2.35 bits per heavy atom. The first-order valence-electron chi connectivity index (χ1n) is 7.76. The molecule has 2 heterocycles. The van der Waals surface area contributed by atoms with Gasteiger partial charge >= 0.3 is 0 Å². The van der Waals surface area contributed by atoms with Gasteiger partial charge in [-0.1, -0.05) is 18.2 Å². The number of nitrogens with zero attached hydrogens (tertiary/aromatic N) is 1. The van der Waals surface area contributed by atoms with Gasteiger partial charge in [-0.25, -0.2) is 0 Å². The van der Waals surface area contributed by atoms with Crippen LogP contribution in [0.25, 0.3) is 11.3 Å². The third kappa shape index (κ3) is 3.42. The zero-order valence-electron chi connectivity index (χ0n) is 13.2. The Morgan fingerprint density at radius 1 is 1.48 bits per heavy atom. The summed E-state index contributed by atoms with van der Waals surface area (Å²) in [6, 6.07) is 10.1. The van der Waals surface area contributed by atoms with Crippen molar-refractivity contribution < 1.29 is 9.53 Å². The first-order chi connectivity index (χ1) is 11.2. The molecule has 3 rings (SSSR count). The summed E-state index contributed by atoms with van der Waals surface area (Å²) in [5.41, 5.74) is 4.28. The number of pyridine rings is 1. The molecule has 4 heteroatoms. The summed E-state index contributed by atoms with van der Waals surface area (Å²) in [7, 11) is 0. The van der Waals surface area contributed by atoms with E-state index in [1.165, 1.54) is 11.1 Å². The number of ether oxygens (including phenoxy) is 1. The largest absolute Gasteiger partial charge is 0.487 e. The van der Waals surface area contributed by atoms with Crippen molar-refractivity contribution in [2.45, 2.75) is 25.9 Å². The predicted octanol–water partition coefficient (Wildman–Crippen LogP) is 3.05. The summed E-state index contributed by atoms with van der Waals surface area (Å²) in [6.45, 7) is 6.15. The minimum Gasteiger partial charge on any atom is -0.487 e. The van der Waals surface area contributed by atoms with E-state index in [2.05, 4.69) is 35.9 Å². The van der Waals surface area contributed by atoms with Crippen molar-refractivity contribution in [3.63, 3.8) is 0 Å². The number of aromatic nitrogens is 1. The molecule has 1 N–H and O–H groups in total. The van der Waals surface area contributed by atoms with Crippen LogP contribution in [0.4, 0.5) is 0 Å². The fourth-order valence-electron chi connectivity index (χ4n) is 2.85. The van der Waals surface area contributed by atoms with Gasteiger partial charge in [0.2, 0.25) is 5.91 Å². The van der Waals surface area contributed by atoms with Gasteiger partial charge in [0.1, 0.15) is 11.9 Å². The molecule has 0 saturated carbocycles. The Labute approximate surface area is 136 Å². The van der Waals surface area contributed by atoms with Crippen LogP contribution < -0.4 is 10.1 Å². The zero-order valence-corrected chi connectivity index (χ0v) is 13.2.